The maximum atomic E-state index is 5.60. The maximum absolute atomic E-state index is 5.60. The summed E-state index contributed by atoms with van der Waals surface area (Å²) in [5.74, 6) is 1.73. The third kappa shape index (κ3) is 3.27. The molecule has 22 heavy (non-hydrogen) atoms. The van der Waals surface area contributed by atoms with Crippen molar-refractivity contribution < 1.29 is 0 Å². The highest BCUT2D eigenvalue weighted by molar-refractivity contribution is 7.15. The molecule has 8 heteroatoms. The van der Waals surface area contributed by atoms with Gasteiger partial charge >= 0.3 is 0 Å². The van der Waals surface area contributed by atoms with E-state index < -0.39 is 0 Å². The second kappa shape index (κ2) is 6.43. The molecule has 2 aromatic rings. The first-order valence-corrected chi connectivity index (χ1v) is 8.34. The van der Waals surface area contributed by atoms with Gasteiger partial charge in [-0.25, -0.2) is 4.98 Å². The predicted octanol–water partition coefficient (Wildman–Crippen LogP) is 1.51. The van der Waals surface area contributed by atoms with Crippen molar-refractivity contribution in [2.75, 3.05) is 36.6 Å². The molecule has 0 bridgehead atoms. The van der Waals surface area contributed by atoms with Gasteiger partial charge in [0.1, 0.15) is 10.8 Å². The summed E-state index contributed by atoms with van der Waals surface area (Å²) in [6, 6.07) is 0. The smallest absolute Gasteiger partial charge is 0.227 e. The van der Waals surface area contributed by atoms with Gasteiger partial charge in [0.15, 0.2) is 0 Å². The highest BCUT2D eigenvalue weighted by Crippen LogP contribution is 2.27. The number of hydrogen-bond donors (Lipinski definition) is 2. The van der Waals surface area contributed by atoms with Crippen molar-refractivity contribution in [3.63, 3.8) is 0 Å². The molecule has 1 aliphatic carbocycles. The van der Waals surface area contributed by atoms with E-state index in [1.807, 2.05) is 19.0 Å². The van der Waals surface area contributed by atoms with Crippen LogP contribution >= 0.6 is 11.3 Å². The SMILES string of the molecule is CN(C)c1nc2c(c(NCCc3nnc(N)s3)n1)CCCC2. The summed E-state index contributed by atoms with van der Waals surface area (Å²) in [5.41, 5.74) is 8.06. The number of nitrogens with two attached hydrogens (primary N) is 1. The molecule has 0 saturated heterocycles. The van der Waals surface area contributed by atoms with Gasteiger partial charge in [-0.2, -0.15) is 4.98 Å². The first-order chi connectivity index (χ1) is 10.6. The van der Waals surface area contributed by atoms with Crippen LogP contribution in [0.5, 0.6) is 0 Å². The Kier molecular flexibility index (Phi) is 4.37. The van der Waals surface area contributed by atoms with Crippen molar-refractivity contribution >= 4 is 28.2 Å². The molecule has 0 fully saturated rings. The summed E-state index contributed by atoms with van der Waals surface area (Å²) in [5, 5.41) is 12.8. The Hall–Kier alpha value is -1.96. The van der Waals surface area contributed by atoms with Crippen LogP contribution in [-0.4, -0.2) is 40.8 Å². The summed E-state index contributed by atoms with van der Waals surface area (Å²) in [6.45, 7) is 0.769. The molecular formula is C14H21N7S. The molecular weight excluding hydrogens is 298 g/mol. The van der Waals surface area contributed by atoms with Gasteiger partial charge in [-0.15, -0.1) is 10.2 Å². The fourth-order valence-electron chi connectivity index (χ4n) is 2.58. The van der Waals surface area contributed by atoms with Gasteiger partial charge in [0, 0.05) is 32.6 Å². The van der Waals surface area contributed by atoms with E-state index in [2.05, 4.69) is 25.5 Å². The zero-order valence-electron chi connectivity index (χ0n) is 13.0. The molecule has 1 aliphatic rings. The van der Waals surface area contributed by atoms with Crippen LogP contribution in [0, 0.1) is 0 Å². The molecule has 0 amide bonds. The van der Waals surface area contributed by atoms with Crippen LogP contribution in [0.2, 0.25) is 0 Å². The average molecular weight is 319 g/mol. The van der Waals surface area contributed by atoms with E-state index in [9.17, 15) is 0 Å². The predicted molar refractivity (Wildman–Crippen MR) is 89.5 cm³/mol. The zero-order chi connectivity index (χ0) is 15.5. The molecule has 7 nitrogen and oxygen atoms in total. The van der Waals surface area contributed by atoms with Gasteiger partial charge < -0.3 is 16.0 Å². The summed E-state index contributed by atoms with van der Waals surface area (Å²) >= 11 is 1.43. The Balaban J connectivity index is 1.75. The molecule has 118 valence electrons. The van der Waals surface area contributed by atoms with Gasteiger partial charge in [0.2, 0.25) is 11.1 Å². The maximum Gasteiger partial charge on any atom is 0.227 e. The fraction of sp³-hybridized carbons (Fsp3) is 0.571. The summed E-state index contributed by atoms with van der Waals surface area (Å²) in [4.78, 5) is 11.3. The summed E-state index contributed by atoms with van der Waals surface area (Å²) < 4.78 is 0. The zero-order valence-corrected chi connectivity index (χ0v) is 13.8. The molecule has 0 spiro atoms. The molecule has 0 aromatic carbocycles. The van der Waals surface area contributed by atoms with Crippen LogP contribution in [-0.2, 0) is 19.3 Å². The van der Waals surface area contributed by atoms with Gasteiger partial charge in [0.25, 0.3) is 0 Å². The molecule has 0 saturated carbocycles. The number of nitrogen functional groups attached to an aromatic ring is 1. The standard InChI is InChI=1S/C14H21N7S/c1-21(2)14-17-10-6-4-3-5-9(10)12(18-14)16-8-7-11-19-20-13(15)22-11/h3-8H2,1-2H3,(H2,15,20)(H,16,17,18). The largest absolute Gasteiger partial charge is 0.374 e. The molecule has 2 aromatic heterocycles. The lowest BCUT2D eigenvalue weighted by atomic mass is 9.96. The van der Waals surface area contributed by atoms with Crippen molar-refractivity contribution in [3.8, 4) is 0 Å². The lowest BCUT2D eigenvalue weighted by Crippen LogP contribution is -2.19. The lowest BCUT2D eigenvalue weighted by Gasteiger charge is -2.21. The number of aromatic nitrogens is 4. The van der Waals surface area contributed by atoms with Crippen molar-refractivity contribution in [2.45, 2.75) is 32.1 Å². The average Bonchev–Trinajstić information content (AvgIpc) is 2.92. The van der Waals surface area contributed by atoms with Crippen LogP contribution in [0.3, 0.4) is 0 Å². The van der Waals surface area contributed by atoms with E-state index >= 15 is 0 Å². The number of nitrogens with zero attached hydrogens (tertiary/aromatic N) is 5. The van der Waals surface area contributed by atoms with E-state index in [1.165, 1.54) is 35.4 Å². The number of fused-ring (bicyclic) bond motifs is 1. The topological polar surface area (TPSA) is 92.9 Å². The lowest BCUT2D eigenvalue weighted by molar-refractivity contribution is 0.662. The van der Waals surface area contributed by atoms with Gasteiger partial charge in [-0.1, -0.05) is 11.3 Å². The van der Waals surface area contributed by atoms with E-state index in [4.69, 9.17) is 5.73 Å². The van der Waals surface area contributed by atoms with E-state index in [0.29, 0.717) is 5.13 Å². The Labute approximate surface area is 134 Å². The number of anilines is 3. The summed E-state index contributed by atoms with van der Waals surface area (Å²) in [6.07, 6.45) is 5.31. The molecule has 0 radical (unpaired) electrons. The highest BCUT2D eigenvalue weighted by Gasteiger charge is 2.18. The van der Waals surface area contributed by atoms with Gasteiger partial charge in [-0.05, 0) is 25.7 Å². The monoisotopic (exact) mass is 319 g/mol. The van der Waals surface area contributed by atoms with E-state index in [-0.39, 0.29) is 0 Å². The first-order valence-electron chi connectivity index (χ1n) is 7.52. The fourth-order valence-corrected chi connectivity index (χ4v) is 3.19. The highest BCUT2D eigenvalue weighted by atomic mass is 32.1. The van der Waals surface area contributed by atoms with Gasteiger partial charge in [-0.3, -0.25) is 0 Å². The molecule has 2 heterocycles. The van der Waals surface area contributed by atoms with E-state index in [0.717, 1.165) is 42.6 Å². The third-order valence-electron chi connectivity index (χ3n) is 3.69. The number of hydrogen-bond acceptors (Lipinski definition) is 8. The number of nitrogens with one attached hydrogen (secondary N) is 1. The van der Waals surface area contributed by atoms with Crippen molar-refractivity contribution in [1.29, 1.82) is 0 Å². The Bertz CT molecular complexity index is 653. The van der Waals surface area contributed by atoms with Crippen molar-refractivity contribution in [3.05, 3.63) is 16.3 Å². The molecule has 0 atom stereocenters. The molecule has 3 rings (SSSR count). The summed E-state index contributed by atoms with van der Waals surface area (Å²) in [7, 11) is 3.94. The Morgan fingerprint density at radius 3 is 2.73 bits per heavy atom. The van der Waals surface area contributed by atoms with Crippen LogP contribution in [0.4, 0.5) is 16.9 Å². The van der Waals surface area contributed by atoms with Gasteiger partial charge in [0.05, 0.1) is 5.69 Å². The van der Waals surface area contributed by atoms with Crippen LogP contribution in [0.1, 0.15) is 29.1 Å². The normalized spacial score (nSPS) is 13.7. The molecule has 0 unspecified atom stereocenters. The minimum Gasteiger partial charge on any atom is -0.374 e. The van der Waals surface area contributed by atoms with Crippen molar-refractivity contribution in [1.82, 2.24) is 20.2 Å². The second-order valence-corrected chi connectivity index (χ2v) is 6.70. The van der Waals surface area contributed by atoms with Crippen LogP contribution in [0.15, 0.2) is 0 Å². The number of aryl methyl sites for hydroxylation is 1. The minimum atomic E-state index is 0.518. The Morgan fingerprint density at radius 2 is 2.00 bits per heavy atom. The Morgan fingerprint density at radius 1 is 1.18 bits per heavy atom. The first kappa shape index (κ1) is 15.0. The van der Waals surface area contributed by atoms with Crippen molar-refractivity contribution in [2.24, 2.45) is 0 Å². The van der Waals surface area contributed by atoms with E-state index in [1.54, 1.807) is 0 Å². The molecule has 0 aliphatic heterocycles. The third-order valence-corrected chi connectivity index (χ3v) is 4.50. The minimum absolute atomic E-state index is 0.518. The quantitative estimate of drug-likeness (QED) is 0.863. The van der Waals surface area contributed by atoms with Crippen LogP contribution in [0.25, 0.3) is 0 Å². The number of rotatable bonds is 5. The van der Waals surface area contributed by atoms with Crippen LogP contribution < -0.4 is 16.0 Å². The molecule has 3 N–H and O–H groups in total. The second-order valence-electron chi connectivity index (χ2n) is 5.61.